The summed E-state index contributed by atoms with van der Waals surface area (Å²) in [5.41, 5.74) is -4.89. The molecule has 2 atom stereocenters. The van der Waals surface area contributed by atoms with Crippen LogP contribution in [0.1, 0.15) is 35.3 Å². The van der Waals surface area contributed by atoms with E-state index < -0.39 is 117 Å². The molecule has 0 radical (unpaired) electrons. The van der Waals surface area contributed by atoms with Crippen LogP contribution in [0.15, 0.2) is 5.76 Å². The van der Waals surface area contributed by atoms with Crippen LogP contribution in [0.2, 0.25) is 0 Å². The van der Waals surface area contributed by atoms with Crippen molar-refractivity contribution in [3.8, 4) is 40.5 Å². The molecule has 1 aromatic heterocycles. The van der Waals surface area contributed by atoms with Crippen LogP contribution in [0.3, 0.4) is 0 Å². The maximum absolute atomic E-state index is 12.8. The predicted molar refractivity (Wildman–Crippen MR) is 135 cm³/mol. The number of phenols is 3. The summed E-state index contributed by atoms with van der Waals surface area (Å²) >= 11 is 0. The van der Waals surface area contributed by atoms with Gasteiger partial charge in [-0.25, -0.2) is 13.0 Å². The average Bonchev–Trinajstić information content (AvgIpc) is 3.12. The number of carbonyl (C=O) groups is 3. The van der Waals surface area contributed by atoms with Gasteiger partial charge in [0, 0.05) is 20.1 Å². The van der Waals surface area contributed by atoms with Crippen LogP contribution in [0, 0.1) is 0 Å². The van der Waals surface area contributed by atoms with E-state index in [-0.39, 0.29) is 6.26 Å². The number of amides is 1. The Balaban J connectivity index is 2.70. The lowest BCUT2D eigenvalue weighted by atomic mass is 9.94. The van der Waals surface area contributed by atoms with Gasteiger partial charge in [-0.05, 0) is 0 Å². The van der Waals surface area contributed by atoms with Gasteiger partial charge in [-0.15, -0.1) is 0 Å². The summed E-state index contributed by atoms with van der Waals surface area (Å²) in [7, 11) is -4.78. The molecule has 3 rings (SSSR count). The Morgan fingerprint density at radius 2 is 1.40 bits per heavy atom. The van der Waals surface area contributed by atoms with Crippen LogP contribution in [-0.4, -0.2) is 106 Å². The number of aromatic hydroxyl groups is 5. The predicted octanol–water partition coefficient (Wildman–Crippen LogP) is -3.47. The van der Waals surface area contributed by atoms with E-state index in [9.17, 15) is 73.9 Å². The summed E-state index contributed by atoms with van der Waals surface area (Å²) in [5, 5.41) is 105. The lowest BCUT2D eigenvalue weighted by Crippen LogP contribution is -2.60. The van der Waals surface area contributed by atoms with Crippen molar-refractivity contribution < 1.29 is 83.3 Å². The van der Waals surface area contributed by atoms with Gasteiger partial charge in [-0.1, -0.05) is 0 Å². The van der Waals surface area contributed by atoms with Crippen LogP contribution in [0.5, 0.6) is 40.5 Å². The van der Waals surface area contributed by atoms with E-state index in [2.05, 4.69) is 0 Å². The number of fused-ring (bicyclic) bond motifs is 1. The second-order valence-corrected chi connectivity index (χ2v) is 11.4. The van der Waals surface area contributed by atoms with Gasteiger partial charge in [-0.2, -0.15) is 0 Å². The van der Waals surface area contributed by atoms with E-state index in [4.69, 9.17) is 15.2 Å². The molecule has 1 aliphatic rings. The normalized spacial score (nSPS) is 16.8. The fourth-order valence-electron chi connectivity index (χ4n) is 4.22. The lowest BCUT2D eigenvalue weighted by molar-refractivity contribution is -0.239. The number of benzene rings is 1. The van der Waals surface area contributed by atoms with E-state index in [0.717, 1.165) is 21.0 Å². The number of ketones is 2. The molecular weight excluding hydrogens is 610 g/mol. The number of aliphatic hydroxyl groups is 5. The number of nitrogens with one attached hydrogen (secondary N) is 1. The molecule has 1 heterocycles. The van der Waals surface area contributed by atoms with Crippen LogP contribution >= 0.6 is 0 Å². The fourth-order valence-corrected chi connectivity index (χ4v) is 4.93. The Morgan fingerprint density at radius 1 is 0.884 bits per heavy atom. The molecule has 21 heteroatoms. The number of hydrogen-bond donors (Lipinski definition) is 12. The largest absolute Gasteiger partial charge is 0.504 e. The molecule has 0 bridgehead atoms. The number of rotatable bonds is 8. The third kappa shape index (κ3) is 4.59. The van der Waals surface area contributed by atoms with Crippen LogP contribution in [-0.2, 0) is 25.2 Å². The van der Waals surface area contributed by atoms with Crippen molar-refractivity contribution in [2.75, 3.05) is 13.4 Å². The standard InChI is InChI=1S/C22H25N3O17S/c1-5(26)24-9-6-7(10(27)14(31)13(9)30)19(34)25(18(6)33)21(36,22(37,38)43(4,39)40)8-11(28)15(32)16(41-3)17(12(8)29)42-20(2,23)35/h28-30,32-38H,23H2,1-4H3,(H,24,26). The first-order valence-corrected chi connectivity index (χ1v) is 13.2. The smallest absolute Gasteiger partial charge is 0.323 e. The van der Waals surface area contributed by atoms with Crippen molar-refractivity contribution in [1.29, 1.82) is 0 Å². The molecule has 0 aliphatic heterocycles. The van der Waals surface area contributed by atoms with Crippen molar-refractivity contribution in [2.24, 2.45) is 5.73 Å². The van der Waals surface area contributed by atoms with Crippen molar-refractivity contribution in [2.45, 2.75) is 30.6 Å². The van der Waals surface area contributed by atoms with E-state index in [1.54, 1.807) is 0 Å². The Morgan fingerprint density at radius 3 is 1.84 bits per heavy atom. The molecule has 0 saturated heterocycles. The number of phenolic OH excluding ortho intramolecular Hbond substituents is 3. The Labute approximate surface area is 239 Å². The molecule has 2 aromatic rings. The Bertz CT molecular complexity index is 1730. The van der Waals surface area contributed by atoms with Gasteiger partial charge in [0.15, 0.2) is 17.3 Å². The van der Waals surface area contributed by atoms with Gasteiger partial charge in [0.25, 0.3) is 17.4 Å². The van der Waals surface area contributed by atoms with Gasteiger partial charge in [0.1, 0.15) is 16.8 Å². The van der Waals surface area contributed by atoms with E-state index in [0.29, 0.717) is 0 Å². The topological polar surface area (TPSA) is 349 Å². The first-order chi connectivity index (χ1) is 19.4. The molecule has 2 unspecified atom stereocenters. The second-order valence-electron chi connectivity index (χ2n) is 9.29. The van der Waals surface area contributed by atoms with E-state index in [1.165, 1.54) is 0 Å². The first-order valence-electron chi connectivity index (χ1n) is 11.3. The minimum absolute atomic E-state index is 0.0537. The maximum Gasteiger partial charge on any atom is 0.323 e. The summed E-state index contributed by atoms with van der Waals surface area (Å²) in [4.78, 5) is 36.9. The average molecular weight is 636 g/mol. The number of nitrogens with two attached hydrogens (primary N) is 1. The number of aromatic nitrogens is 1. The number of allylic oxidation sites excluding steroid dienone is 1. The molecule has 20 nitrogen and oxygen atoms in total. The van der Waals surface area contributed by atoms with Gasteiger partial charge < -0.3 is 65.9 Å². The van der Waals surface area contributed by atoms with Crippen molar-refractivity contribution >= 4 is 33.0 Å². The van der Waals surface area contributed by atoms with Crippen LogP contribution < -0.4 is 20.5 Å². The second kappa shape index (κ2) is 9.89. The number of carbonyl (C=O) groups excluding carboxylic acids is 3. The zero-order valence-electron chi connectivity index (χ0n) is 22.3. The highest BCUT2D eigenvalue weighted by Gasteiger charge is 2.65. The maximum atomic E-state index is 12.8. The number of aliphatic hydroxyl groups excluding tert-OH is 1. The Kier molecular flexibility index (Phi) is 7.53. The molecule has 13 N–H and O–H groups in total. The molecule has 1 aromatic carbocycles. The molecular formula is C22H25N3O17S. The van der Waals surface area contributed by atoms with Gasteiger partial charge >= 0.3 is 5.12 Å². The van der Waals surface area contributed by atoms with Crippen LogP contribution in [0.4, 0.5) is 0 Å². The summed E-state index contributed by atoms with van der Waals surface area (Å²) in [6, 6.07) is 0. The quantitative estimate of drug-likeness (QED) is 0.0580. The molecule has 0 spiro atoms. The molecule has 1 aliphatic carbocycles. The van der Waals surface area contributed by atoms with Crippen LogP contribution in [0.25, 0.3) is 5.70 Å². The molecule has 1 amide bonds. The zero-order valence-corrected chi connectivity index (χ0v) is 23.1. The minimum atomic E-state index is -5.58. The molecule has 0 saturated carbocycles. The number of ether oxygens (including phenoxy) is 2. The highest BCUT2D eigenvalue weighted by atomic mass is 32.2. The SMILES string of the molecule is COc1c(O)c(O)c(C(O)(n2c(O)c3c(c2O)C(NC(C)=O)=C(O)C(=O)C3=O)C(O)(O)S(C)(=O)=O)c(O)c1OC(C)(N)O. The third-order valence-corrected chi connectivity index (χ3v) is 7.37. The van der Waals surface area contributed by atoms with Gasteiger partial charge in [0.05, 0.1) is 12.7 Å². The molecule has 0 fully saturated rings. The number of methoxy groups -OCH3 is 1. The highest BCUT2D eigenvalue weighted by Crippen LogP contribution is 2.60. The summed E-state index contributed by atoms with van der Waals surface area (Å²) < 4.78 is 34.3. The number of Topliss-reactive ketones (excluding diaryl/α,β-unsaturated/α-hetero) is 2. The minimum Gasteiger partial charge on any atom is -0.504 e. The monoisotopic (exact) mass is 635 g/mol. The third-order valence-electron chi connectivity index (χ3n) is 6.05. The first kappa shape index (κ1) is 32.7. The zero-order chi connectivity index (χ0) is 33.4. The molecule has 236 valence electrons. The fraction of sp³-hybridized carbons (Fsp3) is 0.318. The summed E-state index contributed by atoms with van der Waals surface area (Å²) in [6.07, 6.45) is 0.0537. The number of sulfone groups is 1. The summed E-state index contributed by atoms with van der Waals surface area (Å²) in [6.45, 7) is 1.56. The van der Waals surface area contributed by atoms with Gasteiger partial charge in [-0.3, -0.25) is 20.1 Å². The number of hydrogen-bond acceptors (Lipinski definition) is 18. The highest BCUT2D eigenvalue weighted by molar-refractivity contribution is 7.91. The Hall–Kier alpha value is -4.80. The molecule has 43 heavy (non-hydrogen) atoms. The lowest BCUT2D eigenvalue weighted by Gasteiger charge is -2.40. The van der Waals surface area contributed by atoms with Crippen molar-refractivity contribution in [1.82, 2.24) is 9.88 Å². The van der Waals surface area contributed by atoms with Crippen molar-refractivity contribution in [3.63, 3.8) is 0 Å². The van der Waals surface area contributed by atoms with E-state index in [1.807, 2.05) is 5.32 Å². The van der Waals surface area contributed by atoms with E-state index >= 15 is 0 Å². The summed E-state index contributed by atoms with van der Waals surface area (Å²) in [5.74, 6) is -20.4. The van der Waals surface area contributed by atoms with Crippen molar-refractivity contribution in [3.05, 3.63) is 22.4 Å². The number of nitrogens with zero attached hydrogens (tertiary/aromatic N) is 1. The van der Waals surface area contributed by atoms with Gasteiger partial charge in [0.2, 0.25) is 50.5 Å².